The summed E-state index contributed by atoms with van der Waals surface area (Å²) < 4.78 is 4.97. The number of aromatic nitrogens is 2. The van der Waals surface area contributed by atoms with E-state index in [1.165, 1.54) is 23.6 Å². The summed E-state index contributed by atoms with van der Waals surface area (Å²) in [7, 11) is 0. The Morgan fingerprint density at radius 1 is 1.40 bits per heavy atom. The molecule has 0 atom stereocenters. The lowest BCUT2D eigenvalue weighted by molar-refractivity contribution is 0.102. The van der Waals surface area contributed by atoms with Crippen LogP contribution >= 0.6 is 11.3 Å². The molecule has 0 saturated carbocycles. The molecule has 3 aromatic heterocycles. The van der Waals surface area contributed by atoms with Gasteiger partial charge >= 0.3 is 0 Å². The van der Waals surface area contributed by atoms with Gasteiger partial charge in [0.1, 0.15) is 22.7 Å². The molecule has 6 nitrogen and oxygen atoms in total. The molecule has 2 N–H and O–H groups in total. The molecular formula is C13H9N3O3S. The van der Waals surface area contributed by atoms with Gasteiger partial charge in [-0.1, -0.05) is 0 Å². The van der Waals surface area contributed by atoms with Crippen LogP contribution in [-0.4, -0.2) is 15.9 Å². The molecule has 0 aliphatic rings. The maximum absolute atomic E-state index is 12.0. The van der Waals surface area contributed by atoms with Gasteiger partial charge in [-0.3, -0.25) is 9.59 Å². The Balaban J connectivity index is 1.82. The second-order valence-electron chi connectivity index (χ2n) is 3.92. The van der Waals surface area contributed by atoms with Crippen LogP contribution in [-0.2, 0) is 0 Å². The van der Waals surface area contributed by atoms with Gasteiger partial charge in [-0.05, 0) is 18.2 Å². The summed E-state index contributed by atoms with van der Waals surface area (Å²) in [5.74, 6) is -0.423. The van der Waals surface area contributed by atoms with E-state index in [0.29, 0.717) is 5.01 Å². The van der Waals surface area contributed by atoms with Crippen LogP contribution < -0.4 is 10.9 Å². The van der Waals surface area contributed by atoms with Crippen LogP contribution in [0.5, 0.6) is 0 Å². The zero-order valence-electron chi connectivity index (χ0n) is 10.1. The Morgan fingerprint density at radius 3 is 3.05 bits per heavy atom. The Hall–Kier alpha value is -2.67. The van der Waals surface area contributed by atoms with Crippen LogP contribution in [0.2, 0.25) is 0 Å². The summed E-state index contributed by atoms with van der Waals surface area (Å²) in [6.45, 7) is 0. The highest BCUT2D eigenvalue weighted by atomic mass is 32.1. The molecular weight excluding hydrogens is 278 g/mol. The number of carbonyl (C=O) groups excluding carboxylic acids is 1. The molecule has 3 heterocycles. The molecule has 0 aliphatic heterocycles. The number of hydrogen-bond acceptors (Lipinski definition) is 5. The Bertz CT molecular complexity index is 789. The minimum absolute atomic E-state index is 0.190. The number of amides is 1. The predicted octanol–water partition coefficient (Wildman–Crippen LogP) is 2.34. The summed E-state index contributed by atoms with van der Waals surface area (Å²) in [4.78, 5) is 30.2. The summed E-state index contributed by atoms with van der Waals surface area (Å²) in [5, 5.41) is 4.84. The van der Waals surface area contributed by atoms with E-state index in [1.807, 2.05) is 0 Å². The van der Waals surface area contributed by atoms with Crippen molar-refractivity contribution in [2.24, 2.45) is 0 Å². The maximum Gasteiger partial charge on any atom is 0.275 e. The fraction of sp³-hybridized carbons (Fsp3) is 0. The van der Waals surface area contributed by atoms with Crippen molar-refractivity contribution in [2.75, 3.05) is 5.32 Å². The van der Waals surface area contributed by atoms with Gasteiger partial charge in [0.15, 0.2) is 0 Å². The number of pyridine rings is 1. The maximum atomic E-state index is 12.0. The van der Waals surface area contributed by atoms with Gasteiger partial charge < -0.3 is 14.7 Å². The minimum Gasteiger partial charge on any atom is -0.472 e. The molecule has 0 bridgehead atoms. The summed E-state index contributed by atoms with van der Waals surface area (Å²) in [6.07, 6.45) is 4.60. The number of aromatic amines is 1. The largest absolute Gasteiger partial charge is 0.472 e. The molecule has 0 unspecified atom stereocenters. The predicted molar refractivity (Wildman–Crippen MR) is 74.8 cm³/mol. The van der Waals surface area contributed by atoms with Gasteiger partial charge in [0.2, 0.25) is 0 Å². The van der Waals surface area contributed by atoms with E-state index < -0.39 is 5.91 Å². The Morgan fingerprint density at radius 2 is 2.30 bits per heavy atom. The number of nitrogens with one attached hydrogen (secondary N) is 2. The van der Waals surface area contributed by atoms with Crippen molar-refractivity contribution in [3.05, 3.63) is 58.4 Å². The van der Waals surface area contributed by atoms with Crippen LogP contribution in [0.1, 0.15) is 10.5 Å². The van der Waals surface area contributed by atoms with E-state index in [4.69, 9.17) is 4.42 Å². The molecule has 0 aliphatic carbocycles. The average Bonchev–Trinajstić information content (AvgIpc) is 3.11. The Kier molecular flexibility index (Phi) is 3.18. The van der Waals surface area contributed by atoms with Gasteiger partial charge in [0.05, 0.1) is 6.26 Å². The van der Waals surface area contributed by atoms with Crippen LogP contribution in [0.3, 0.4) is 0 Å². The molecule has 3 aromatic rings. The number of rotatable bonds is 3. The molecule has 0 radical (unpaired) electrons. The first-order valence-electron chi connectivity index (χ1n) is 5.71. The van der Waals surface area contributed by atoms with E-state index >= 15 is 0 Å². The lowest BCUT2D eigenvalue weighted by Gasteiger charge is -2.00. The third kappa shape index (κ3) is 2.39. The van der Waals surface area contributed by atoms with Crippen molar-refractivity contribution >= 4 is 22.9 Å². The summed E-state index contributed by atoms with van der Waals surface area (Å²) in [6, 6.07) is 4.93. The fourth-order valence-electron chi connectivity index (χ4n) is 1.60. The molecule has 0 aromatic carbocycles. The van der Waals surface area contributed by atoms with Crippen molar-refractivity contribution < 1.29 is 9.21 Å². The van der Waals surface area contributed by atoms with Gasteiger partial charge in [0, 0.05) is 17.1 Å². The van der Waals surface area contributed by atoms with Gasteiger partial charge in [-0.25, -0.2) is 4.98 Å². The number of anilines is 1. The number of nitrogens with zero attached hydrogens (tertiary/aromatic N) is 1. The third-order valence-electron chi connectivity index (χ3n) is 2.57. The number of furan rings is 1. The second-order valence-corrected chi connectivity index (χ2v) is 4.78. The average molecular weight is 287 g/mol. The summed E-state index contributed by atoms with van der Waals surface area (Å²) >= 11 is 1.33. The quantitative estimate of drug-likeness (QED) is 0.774. The van der Waals surface area contributed by atoms with Gasteiger partial charge in [-0.2, -0.15) is 0 Å². The van der Waals surface area contributed by atoms with Gasteiger partial charge in [-0.15, -0.1) is 11.3 Å². The molecule has 20 heavy (non-hydrogen) atoms. The molecule has 3 rings (SSSR count). The zero-order valence-corrected chi connectivity index (χ0v) is 10.9. The molecule has 0 saturated heterocycles. The highest BCUT2D eigenvalue weighted by Gasteiger charge is 2.13. The lowest BCUT2D eigenvalue weighted by atomic mass is 10.3. The van der Waals surface area contributed by atoms with Crippen LogP contribution in [0, 0.1) is 0 Å². The first-order valence-corrected chi connectivity index (χ1v) is 6.59. The first kappa shape index (κ1) is 12.4. The number of carbonyl (C=O) groups is 1. The SMILES string of the molecule is O=C(Nc1ccc[nH]c1=O)c1csc(-c2ccoc2)n1. The molecule has 1 amide bonds. The van der Waals surface area contributed by atoms with Crippen LogP contribution in [0.4, 0.5) is 5.69 Å². The summed E-state index contributed by atoms with van der Waals surface area (Å²) in [5.41, 5.74) is 0.905. The number of H-pyrrole nitrogens is 1. The topological polar surface area (TPSA) is 88.0 Å². The fourth-order valence-corrected chi connectivity index (χ4v) is 2.39. The second kappa shape index (κ2) is 5.14. The van der Waals surface area contributed by atoms with Crippen LogP contribution in [0.15, 0.2) is 51.5 Å². The van der Waals surface area contributed by atoms with E-state index in [1.54, 1.807) is 30.0 Å². The van der Waals surface area contributed by atoms with E-state index in [2.05, 4.69) is 15.3 Å². The standard InChI is InChI=1S/C13H9N3O3S/c17-11-9(2-1-4-14-11)15-12(18)10-7-20-13(16-10)8-3-5-19-6-8/h1-7H,(H,14,17)(H,15,18). The molecule has 0 fully saturated rings. The van der Waals surface area contributed by atoms with E-state index in [9.17, 15) is 9.59 Å². The van der Waals surface area contributed by atoms with Crippen molar-refractivity contribution in [1.29, 1.82) is 0 Å². The van der Waals surface area contributed by atoms with Crippen molar-refractivity contribution in [1.82, 2.24) is 9.97 Å². The van der Waals surface area contributed by atoms with Crippen molar-refractivity contribution in [3.8, 4) is 10.6 Å². The van der Waals surface area contributed by atoms with Crippen molar-refractivity contribution in [3.63, 3.8) is 0 Å². The van der Waals surface area contributed by atoms with Crippen molar-refractivity contribution in [2.45, 2.75) is 0 Å². The first-order chi connectivity index (χ1) is 9.74. The molecule has 0 spiro atoms. The van der Waals surface area contributed by atoms with Crippen LogP contribution in [0.25, 0.3) is 10.6 Å². The van der Waals surface area contributed by atoms with E-state index in [0.717, 1.165) is 5.56 Å². The smallest absolute Gasteiger partial charge is 0.275 e. The van der Waals surface area contributed by atoms with Gasteiger partial charge in [0.25, 0.3) is 11.5 Å². The highest BCUT2D eigenvalue weighted by Crippen LogP contribution is 2.24. The third-order valence-corrected chi connectivity index (χ3v) is 3.46. The monoisotopic (exact) mass is 287 g/mol. The van der Waals surface area contributed by atoms with E-state index in [-0.39, 0.29) is 16.9 Å². The number of thiazole rings is 1. The molecule has 7 heteroatoms. The minimum atomic E-state index is -0.423. The number of hydrogen-bond donors (Lipinski definition) is 2. The lowest BCUT2D eigenvalue weighted by Crippen LogP contribution is -2.19. The molecule has 100 valence electrons. The Labute approximate surface area is 117 Å². The highest BCUT2D eigenvalue weighted by molar-refractivity contribution is 7.13. The zero-order chi connectivity index (χ0) is 13.9. The normalized spacial score (nSPS) is 10.4.